The zero-order valence-corrected chi connectivity index (χ0v) is 53.0. The summed E-state index contributed by atoms with van der Waals surface area (Å²) in [5.41, 5.74) is 2.00. The van der Waals surface area contributed by atoms with Gasteiger partial charge < -0.3 is 61.8 Å². The number of amides is 1. The molecule has 7 aliphatic rings. The highest BCUT2D eigenvalue weighted by molar-refractivity contribution is 6.99. The first-order valence-electron chi connectivity index (χ1n) is 30.8. The minimum Gasteiger partial charge on any atom is -0.456 e. The second-order valence-electron chi connectivity index (χ2n) is 27.4. The van der Waals surface area contributed by atoms with E-state index in [4.69, 9.17) is 51.8 Å². The molecule has 0 radical (unpaired) electrons. The number of rotatable bonds is 9. The first kappa shape index (κ1) is 63.1. The molecule has 9 rings (SSSR count). The molecule has 0 unspecified atom stereocenters. The Morgan fingerprint density at radius 3 is 2.04 bits per heavy atom. The summed E-state index contributed by atoms with van der Waals surface area (Å²) in [6.07, 6.45) is 6.18. The van der Waals surface area contributed by atoms with Crippen LogP contribution in [0.1, 0.15) is 154 Å². The Morgan fingerprint density at radius 1 is 0.768 bits per heavy atom. The Morgan fingerprint density at radius 2 is 1.40 bits per heavy atom. The highest BCUT2D eigenvalue weighted by Gasteiger charge is 2.66. The Kier molecular flexibility index (Phi) is 19.4. The van der Waals surface area contributed by atoms with Gasteiger partial charge in [0.15, 0.2) is 23.5 Å². The summed E-state index contributed by atoms with van der Waals surface area (Å²) in [6, 6.07) is 20.6. The zero-order chi connectivity index (χ0) is 59.2. The van der Waals surface area contributed by atoms with Gasteiger partial charge in [-0.3, -0.25) is 4.79 Å². The molecule has 2 spiro atoms. The third-order valence-corrected chi connectivity index (χ3v) is 24.3. The normalized spacial score (nSPS) is 39.6. The van der Waals surface area contributed by atoms with Gasteiger partial charge in [-0.2, -0.15) is 0 Å². The van der Waals surface area contributed by atoms with Crippen LogP contribution in [0.25, 0.3) is 0 Å². The van der Waals surface area contributed by atoms with Crippen molar-refractivity contribution in [2.45, 2.75) is 243 Å². The summed E-state index contributed by atoms with van der Waals surface area (Å²) in [6.45, 7) is 25.3. The predicted molar refractivity (Wildman–Crippen MR) is 315 cm³/mol. The molecule has 6 fully saturated rings. The lowest BCUT2D eigenvalue weighted by Gasteiger charge is -2.54. The Labute approximate surface area is 490 Å². The number of piperidine rings is 1. The van der Waals surface area contributed by atoms with Crippen molar-refractivity contribution in [1.29, 1.82) is 0 Å². The molecule has 1 saturated carbocycles. The molecule has 16 heteroatoms. The molecule has 2 aromatic rings. The summed E-state index contributed by atoms with van der Waals surface area (Å²) < 4.78 is 75.1. The minimum atomic E-state index is -2.91. The Balaban J connectivity index is 1.09. The smallest absolute Gasteiger partial charge is 0.329 e. The lowest BCUT2D eigenvalue weighted by Crippen LogP contribution is -2.68. The lowest BCUT2D eigenvalue weighted by molar-refractivity contribution is -0.428. The van der Waals surface area contributed by atoms with Gasteiger partial charge in [0.1, 0.15) is 18.2 Å². The molecule has 17 atom stereocenters. The minimum absolute atomic E-state index is 0.0602. The number of fused-ring (bicyclic) bond motifs is 3. The average molecular weight is 1160 g/mol. The highest BCUT2D eigenvalue weighted by atomic mass is 28.4. The van der Waals surface area contributed by atoms with E-state index < -0.39 is 86.0 Å². The number of ether oxygens (including phenoxy) is 10. The molecule has 6 heterocycles. The number of carbonyl (C=O) groups is 2. The summed E-state index contributed by atoms with van der Waals surface area (Å²) in [5, 5.41) is 13.5. The van der Waals surface area contributed by atoms with E-state index in [-0.39, 0.29) is 59.5 Å². The third kappa shape index (κ3) is 12.9. The number of esters is 1. The lowest BCUT2D eigenvalue weighted by atomic mass is 9.78. The van der Waals surface area contributed by atoms with Crippen LogP contribution in [-0.2, 0) is 61.4 Å². The predicted octanol–water partition coefficient (Wildman–Crippen LogP) is 9.94. The van der Waals surface area contributed by atoms with Crippen molar-refractivity contribution in [2.24, 2.45) is 29.6 Å². The molecular formula is C66H99NO14Si. The number of benzene rings is 2. The van der Waals surface area contributed by atoms with Gasteiger partial charge in [0.25, 0.3) is 14.2 Å². The van der Waals surface area contributed by atoms with Crippen LogP contribution in [0.5, 0.6) is 0 Å². The maximum Gasteiger partial charge on any atom is 0.329 e. The van der Waals surface area contributed by atoms with Crippen molar-refractivity contribution in [2.75, 3.05) is 34.5 Å². The second-order valence-corrected chi connectivity index (χ2v) is 31.6. The number of cyclic esters (lactones) is 1. The van der Waals surface area contributed by atoms with Gasteiger partial charge in [0.05, 0.1) is 43.2 Å². The van der Waals surface area contributed by atoms with Crippen molar-refractivity contribution >= 4 is 30.6 Å². The number of hydrogen-bond acceptors (Lipinski definition) is 14. The van der Waals surface area contributed by atoms with Crippen LogP contribution in [-0.4, -0.2) is 149 Å². The van der Waals surface area contributed by atoms with Crippen LogP contribution in [0.2, 0.25) is 5.04 Å². The molecule has 1 aliphatic carbocycles. The Bertz CT molecular complexity index is 2510. The molecule has 15 nitrogen and oxygen atoms in total. The van der Waals surface area contributed by atoms with Gasteiger partial charge in [-0.25, -0.2) is 4.79 Å². The molecule has 2 aromatic carbocycles. The molecule has 4 bridgehead atoms. The number of carbonyl (C=O) groups excluding carboxylic acids is 2. The van der Waals surface area contributed by atoms with Gasteiger partial charge in [-0.15, -0.1) is 0 Å². The van der Waals surface area contributed by atoms with Crippen molar-refractivity contribution in [1.82, 2.24) is 4.90 Å². The van der Waals surface area contributed by atoms with Crippen molar-refractivity contribution in [3.8, 4) is 0 Å². The van der Waals surface area contributed by atoms with Crippen LogP contribution in [0.3, 0.4) is 0 Å². The Hall–Kier alpha value is -3.36. The third-order valence-electron chi connectivity index (χ3n) is 19.2. The number of allylic oxidation sites excluding steroid dienone is 2. The van der Waals surface area contributed by atoms with Crippen LogP contribution in [0, 0.1) is 29.6 Å². The monoisotopic (exact) mass is 1160 g/mol. The van der Waals surface area contributed by atoms with E-state index in [0.717, 1.165) is 36.8 Å². The first-order chi connectivity index (χ1) is 38.8. The van der Waals surface area contributed by atoms with Crippen LogP contribution in [0.15, 0.2) is 84.0 Å². The van der Waals surface area contributed by atoms with Gasteiger partial charge >= 0.3 is 5.97 Å². The van der Waals surface area contributed by atoms with E-state index in [1.807, 2.05) is 34.6 Å². The van der Waals surface area contributed by atoms with E-state index >= 15 is 9.59 Å². The van der Waals surface area contributed by atoms with Crippen LogP contribution in [0.4, 0.5) is 0 Å². The molecule has 82 heavy (non-hydrogen) atoms. The van der Waals surface area contributed by atoms with E-state index in [1.165, 1.54) is 10.4 Å². The fourth-order valence-corrected chi connectivity index (χ4v) is 20.1. The SMILES string of the molecule is CO[C@H]1C[C@@H](C)C/C(C)=C/[C@H]2C[C@@H](O)CO[C@@]23C[C@H](OC(C)(C)O3)[C@@H](C)[C@@H](/C(C)=C/[C@@H]2CC[C@@H](O[Si](c3ccccc3)(c3ccccc3)C(C)(C)C)[C@H](OC)C2)OC(=O)[C@@H]2CCCCN2C(=O)[C@@H]2OC(C)(C)O[C@]23O[C@H]1[C@@H](OC)C[C@H]3C. The summed E-state index contributed by atoms with van der Waals surface area (Å²) in [7, 11) is 2.25. The molecular weight excluding hydrogens is 1060 g/mol. The van der Waals surface area contributed by atoms with Crippen LogP contribution >= 0.6 is 0 Å². The number of methoxy groups -OCH3 is 3. The molecule has 1 amide bonds. The van der Waals surface area contributed by atoms with E-state index in [0.29, 0.717) is 51.5 Å². The zero-order valence-electron chi connectivity index (χ0n) is 52.0. The van der Waals surface area contributed by atoms with Gasteiger partial charge in [-0.05, 0) is 139 Å². The van der Waals surface area contributed by atoms with Gasteiger partial charge in [0, 0.05) is 52.0 Å². The number of hydrogen-bond donors (Lipinski definition) is 1. The molecule has 1 N–H and O–H groups in total. The number of aliphatic hydroxyl groups is 1. The van der Waals surface area contributed by atoms with Gasteiger partial charge in [0.2, 0.25) is 5.79 Å². The fourth-order valence-electron chi connectivity index (χ4n) is 15.4. The largest absolute Gasteiger partial charge is 0.456 e. The van der Waals surface area contributed by atoms with E-state index in [9.17, 15) is 5.11 Å². The number of aliphatic hydroxyl groups excluding tert-OH is 1. The first-order valence-corrected chi connectivity index (χ1v) is 32.7. The summed E-state index contributed by atoms with van der Waals surface area (Å²) in [4.78, 5) is 32.8. The topological polar surface area (TPSA) is 159 Å². The highest BCUT2D eigenvalue weighted by Crippen LogP contribution is 2.52. The van der Waals surface area contributed by atoms with Gasteiger partial charge in [-0.1, -0.05) is 120 Å². The second kappa shape index (κ2) is 25.2. The number of nitrogens with zero attached hydrogens (tertiary/aromatic N) is 1. The van der Waals surface area contributed by atoms with Crippen molar-refractivity contribution in [3.63, 3.8) is 0 Å². The maximum absolute atomic E-state index is 15.6. The molecule has 5 saturated heterocycles. The fraction of sp³-hybridized carbons (Fsp3) is 0.727. The van der Waals surface area contributed by atoms with Crippen molar-refractivity contribution < 1.29 is 66.5 Å². The van der Waals surface area contributed by atoms with Crippen LogP contribution < -0.4 is 10.4 Å². The summed E-state index contributed by atoms with van der Waals surface area (Å²) in [5.74, 6) is -6.80. The maximum atomic E-state index is 15.6. The molecule has 456 valence electrons. The average Bonchev–Trinajstić information content (AvgIpc) is 3.87. The molecule has 6 aliphatic heterocycles. The quantitative estimate of drug-likeness (QED) is 0.144. The molecule has 0 aromatic heterocycles. The summed E-state index contributed by atoms with van der Waals surface area (Å²) >= 11 is 0. The van der Waals surface area contributed by atoms with E-state index in [1.54, 1.807) is 26.2 Å². The van der Waals surface area contributed by atoms with E-state index in [2.05, 4.69) is 121 Å². The van der Waals surface area contributed by atoms with Crippen molar-refractivity contribution in [3.05, 3.63) is 84.0 Å². The standard InChI is InChI=1S/C66H99NO14Si/c1-41-32-42(2)34-54(72-14)58-55(73-15)36-44(4)66(77-58)59(78-64(11,12)81-66)60(69)67-31-23-22-28-51(67)61(70)75-57(45(5)56-39-65(80-63(9,10)76-56)47(33-41)38-48(68)40-74-65)43(3)35-46-29-30-52(53(37-46)71-13)79-82(62(6,7)8,49-24-18-16-19-25-49)50-26-20-17-21-27-50/h16-21,24-27,33,35,42,44-48,51-59,68H,22-23,28-32,34,36-40H2,1-15H3/b41-33+,43-35+/t42-,44+,45+,46-,47-,48+,51-,52+,53+,54-,55-,56-,57+,58+,59-,65+,66-/m0/s1.